The lowest BCUT2D eigenvalue weighted by atomic mass is 10.1. The minimum absolute atomic E-state index is 0.0496. The van der Waals surface area contributed by atoms with Gasteiger partial charge < -0.3 is 10.2 Å². The second-order valence-electron chi connectivity index (χ2n) is 8.58. The lowest BCUT2D eigenvalue weighted by molar-refractivity contribution is 0.0952. The van der Waals surface area contributed by atoms with Crippen LogP contribution in [0, 0.1) is 5.82 Å². The molecule has 188 valence electrons. The van der Waals surface area contributed by atoms with E-state index < -0.39 is 0 Å². The van der Waals surface area contributed by atoms with Gasteiger partial charge in [-0.2, -0.15) is 0 Å². The van der Waals surface area contributed by atoms with E-state index in [2.05, 4.69) is 33.6 Å². The van der Waals surface area contributed by atoms with E-state index in [0.717, 1.165) is 53.5 Å². The van der Waals surface area contributed by atoms with Crippen LogP contribution < -0.4 is 5.32 Å². The lowest BCUT2D eigenvalue weighted by Crippen LogP contribution is -2.29. The fourth-order valence-electron chi connectivity index (χ4n) is 4.01. The van der Waals surface area contributed by atoms with Gasteiger partial charge in [-0.25, -0.2) is 14.4 Å². The van der Waals surface area contributed by atoms with E-state index in [1.54, 1.807) is 30.1 Å². The molecule has 8 heteroatoms. The maximum atomic E-state index is 13.2. The van der Waals surface area contributed by atoms with Crippen LogP contribution in [0.25, 0.3) is 11.2 Å². The highest BCUT2D eigenvalue weighted by Crippen LogP contribution is 2.27. The number of fused-ring (bicyclic) bond motifs is 1. The van der Waals surface area contributed by atoms with Crippen molar-refractivity contribution in [1.82, 2.24) is 24.8 Å². The van der Waals surface area contributed by atoms with Crippen molar-refractivity contribution in [3.63, 3.8) is 0 Å². The van der Waals surface area contributed by atoms with Gasteiger partial charge >= 0.3 is 0 Å². The van der Waals surface area contributed by atoms with E-state index >= 15 is 0 Å². The molecule has 6 nitrogen and oxygen atoms in total. The lowest BCUT2D eigenvalue weighted by Gasteiger charge is -2.17. The van der Waals surface area contributed by atoms with Gasteiger partial charge in [0, 0.05) is 24.1 Å². The zero-order valence-corrected chi connectivity index (χ0v) is 21.6. The molecule has 0 saturated carbocycles. The van der Waals surface area contributed by atoms with Crippen molar-refractivity contribution >= 4 is 28.8 Å². The van der Waals surface area contributed by atoms with E-state index in [0.29, 0.717) is 24.4 Å². The van der Waals surface area contributed by atoms with Gasteiger partial charge in [0.25, 0.3) is 5.91 Å². The molecule has 0 saturated heterocycles. The Morgan fingerprint density at radius 3 is 2.47 bits per heavy atom. The number of carbonyl (C=O) groups excluding carboxylic acids is 1. The third-order valence-corrected chi connectivity index (χ3v) is 7.19. The maximum absolute atomic E-state index is 13.2. The smallest absolute Gasteiger partial charge is 0.251 e. The molecule has 0 radical (unpaired) electrons. The highest BCUT2D eigenvalue weighted by molar-refractivity contribution is 7.98. The van der Waals surface area contributed by atoms with Crippen molar-refractivity contribution in [1.29, 1.82) is 0 Å². The van der Waals surface area contributed by atoms with E-state index in [9.17, 15) is 9.18 Å². The number of carbonyl (C=O) groups is 1. The minimum atomic E-state index is -0.239. The molecule has 4 aromatic rings. The Kier molecular flexibility index (Phi) is 9.08. The molecule has 0 aliphatic heterocycles. The molecule has 1 amide bonds. The normalized spacial score (nSPS) is 11.3. The van der Waals surface area contributed by atoms with Gasteiger partial charge in [0.2, 0.25) is 0 Å². The number of nitrogens with one attached hydrogen (secondary N) is 1. The Hall–Kier alpha value is -3.23. The van der Waals surface area contributed by atoms with E-state index in [1.165, 1.54) is 12.1 Å². The summed E-state index contributed by atoms with van der Waals surface area (Å²) in [6.45, 7) is 8.60. The molecule has 0 unspecified atom stereocenters. The van der Waals surface area contributed by atoms with Crippen molar-refractivity contribution in [2.24, 2.45) is 0 Å². The van der Waals surface area contributed by atoms with Crippen LogP contribution in [-0.2, 0) is 12.3 Å². The Morgan fingerprint density at radius 2 is 1.75 bits per heavy atom. The Balaban J connectivity index is 1.41. The van der Waals surface area contributed by atoms with Gasteiger partial charge in [0.1, 0.15) is 11.3 Å². The molecule has 0 fully saturated rings. The molecule has 0 aliphatic rings. The number of thioether (sulfide) groups is 1. The molecule has 2 heterocycles. The fraction of sp³-hybridized carbons (Fsp3) is 0.321. The van der Waals surface area contributed by atoms with Crippen LogP contribution in [0.15, 0.2) is 72.0 Å². The topological polar surface area (TPSA) is 63.1 Å². The number of pyridine rings is 1. The first-order valence-electron chi connectivity index (χ1n) is 12.3. The average molecular weight is 506 g/mol. The summed E-state index contributed by atoms with van der Waals surface area (Å²) >= 11 is 1.60. The molecule has 2 aromatic carbocycles. The first-order chi connectivity index (χ1) is 17.6. The third-order valence-electron chi connectivity index (χ3n) is 6.14. The molecule has 0 spiro atoms. The summed E-state index contributed by atoms with van der Waals surface area (Å²) in [6, 6.07) is 18.1. The van der Waals surface area contributed by atoms with Crippen molar-refractivity contribution < 1.29 is 9.18 Å². The first kappa shape index (κ1) is 25.9. The summed E-state index contributed by atoms with van der Waals surface area (Å²) in [5.41, 5.74) is 4.39. The fourth-order valence-corrected chi connectivity index (χ4v) is 4.97. The monoisotopic (exact) mass is 505 g/mol. The van der Waals surface area contributed by atoms with Crippen molar-refractivity contribution in [2.45, 2.75) is 37.7 Å². The predicted molar refractivity (Wildman–Crippen MR) is 144 cm³/mol. The summed E-state index contributed by atoms with van der Waals surface area (Å²) in [6.07, 6.45) is 2.70. The van der Waals surface area contributed by atoms with Crippen LogP contribution in [0.5, 0.6) is 0 Å². The maximum Gasteiger partial charge on any atom is 0.251 e. The third kappa shape index (κ3) is 6.71. The molecular formula is C28H32FN5OS. The van der Waals surface area contributed by atoms with Crippen LogP contribution in [-0.4, -0.2) is 51.5 Å². The average Bonchev–Trinajstić information content (AvgIpc) is 3.26. The number of benzene rings is 2. The molecular weight excluding hydrogens is 473 g/mol. The van der Waals surface area contributed by atoms with E-state index in [-0.39, 0.29) is 11.7 Å². The SMILES string of the molecule is CCN(CC)CCCNC(=O)c1ccc(Cn2c(SCc3ccc(F)cc3)nc3cccnc32)cc1. The second-order valence-corrected chi connectivity index (χ2v) is 9.52. The summed E-state index contributed by atoms with van der Waals surface area (Å²) in [4.78, 5) is 24.2. The standard InChI is InChI=1S/C28H32FN5OS/c1-3-33(4-2)18-6-17-31-27(35)23-12-8-21(9-13-23)19-34-26-25(7-5-16-30-26)32-28(34)36-20-22-10-14-24(29)15-11-22/h5,7-16H,3-4,6,17-20H2,1-2H3,(H,31,35). The highest BCUT2D eigenvalue weighted by atomic mass is 32.2. The Labute approximate surface area is 215 Å². The quantitative estimate of drug-likeness (QED) is 0.207. The van der Waals surface area contributed by atoms with Gasteiger partial charge in [-0.3, -0.25) is 9.36 Å². The van der Waals surface area contributed by atoms with Gasteiger partial charge in [0.15, 0.2) is 10.8 Å². The van der Waals surface area contributed by atoms with Gasteiger partial charge in [-0.05, 0) is 73.6 Å². The van der Waals surface area contributed by atoms with Gasteiger partial charge in [0.05, 0.1) is 6.54 Å². The number of amides is 1. The second kappa shape index (κ2) is 12.6. The van der Waals surface area contributed by atoms with Crippen molar-refractivity contribution in [3.8, 4) is 0 Å². The largest absolute Gasteiger partial charge is 0.352 e. The zero-order valence-electron chi connectivity index (χ0n) is 20.8. The number of aromatic nitrogens is 3. The number of rotatable bonds is 12. The predicted octanol–water partition coefficient (Wildman–Crippen LogP) is 5.37. The van der Waals surface area contributed by atoms with E-state index in [1.807, 2.05) is 36.4 Å². The number of halogens is 1. The van der Waals surface area contributed by atoms with Crippen molar-refractivity contribution in [2.75, 3.05) is 26.2 Å². The van der Waals surface area contributed by atoms with Crippen LogP contribution in [0.1, 0.15) is 41.8 Å². The summed E-state index contributed by atoms with van der Waals surface area (Å²) in [5.74, 6) is 0.389. The number of nitrogens with zero attached hydrogens (tertiary/aromatic N) is 4. The molecule has 0 atom stereocenters. The first-order valence-corrected chi connectivity index (χ1v) is 13.3. The van der Waals surface area contributed by atoms with Crippen LogP contribution >= 0.6 is 11.8 Å². The van der Waals surface area contributed by atoms with Crippen LogP contribution in [0.2, 0.25) is 0 Å². The summed E-state index contributed by atoms with van der Waals surface area (Å²) in [7, 11) is 0. The van der Waals surface area contributed by atoms with Crippen LogP contribution in [0.4, 0.5) is 4.39 Å². The van der Waals surface area contributed by atoms with E-state index in [4.69, 9.17) is 4.98 Å². The van der Waals surface area contributed by atoms with Crippen LogP contribution in [0.3, 0.4) is 0 Å². The molecule has 4 rings (SSSR count). The Bertz CT molecular complexity index is 1270. The Morgan fingerprint density at radius 1 is 1.03 bits per heavy atom. The number of hydrogen-bond donors (Lipinski definition) is 1. The molecule has 0 aliphatic carbocycles. The van der Waals surface area contributed by atoms with Gasteiger partial charge in [-0.15, -0.1) is 0 Å². The zero-order chi connectivity index (χ0) is 25.3. The minimum Gasteiger partial charge on any atom is -0.352 e. The molecule has 1 N–H and O–H groups in total. The molecule has 36 heavy (non-hydrogen) atoms. The molecule has 2 aromatic heterocycles. The van der Waals surface area contributed by atoms with Crippen molar-refractivity contribution in [3.05, 3.63) is 89.4 Å². The summed E-state index contributed by atoms with van der Waals surface area (Å²) < 4.78 is 15.3. The number of imidazole rings is 1. The number of hydrogen-bond acceptors (Lipinski definition) is 5. The highest BCUT2D eigenvalue weighted by Gasteiger charge is 2.14. The molecule has 0 bridgehead atoms. The van der Waals surface area contributed by atoms with Gasteiger partial charge in [-0.1, -0.05) is 49.9 Å². The summed E-state index contributed by atoms with van der Waals surface area (Å²) in [5, 5.41) is 3.87.